The number of hydrogen-bond donors (Lipinski definition) is 2. The molecule has 2 N–H and O–H groups in total. The van der Waals surface area contributed by atoms with Crippen LogP contribution in [-0.4, -0.2) is 53.1 Å². The fraction of sp³-hybridized carbons (Fsp3) is 0.846. The van der Waals surface area contributed by atoms with Crippen LogP contribution in [0.25, 0.3) is 0 Å². The molecule has 6 heteroatoms. The smallest absolute Gasteiger partial charge is 0.326 e. The minimum atomic E-state index is -0.950. The van der Waals surface area contributed by atoms with Gasteiger partial charge in [-0.15, -0.1) is 0 Å². The molecule has 0 bridgehead atoms. The molecule has 1 aliphatic rings. The van der Waals surface area contributed by atoms with Gasteiger partial charge in [-0.3, -0.25) is 0 Å². The SMILES string of the molecule is CSCC[C@H](NC(=O)N1CCCCCCC1)C(=O)O. The largest absolute Gasteiger partial charge is 0.480 e. The lowest BCUT2D eigenvalue weighted by Gasteiger charge is -2.26. The van der Waals surface area contributed by atoms with Gasteiger partial charge in [-0.05, 0) is 31.3 Å². The summed E-state index contributed by atoms with van der Waals surface area (Å²) in [4.78, 5) is 24.9. The maximum atomic E-state index is 12.1. The Morgan fingerprint density at radius 2 is 1.79 bits per heavy atom. The number of thioether (sulfide) groups is 1. The summed E-state index contributed by atoms with van der Waals surface area (Å²) in [5, 5.41) is 11.7. The zero-order valence-electron chi connectivity index (χ0n) is 11.6. The van der Waals surface area contributed by atoms with Crippen LogP contribution in [0.15, 0.2) is 0 Å². The van der Waals surface area contributed by atoms with Crippen LogP contribution in [-0.2, 0) is 4.79 Å². The average molecular weight is 288 g/mol. The van der Waals surface area contributed by atoms with Crippen LogP contribution >= 0.6 is 11.8 Å². The molecule has 1 saturated heterocycles. The number of carboxylic acid groups (broad SMARTS) is 1. The molecule has 1 rings (SSSR count). The monoisotopic (exact) mass is 288 g/mol. The van der Waals surface area contributed by atoms with E-state index in [2.05, 4.69) is 5.32 Å². The van der Waals surface area contributed by atoms with Crippen LogP contribution in [0.1, 0.15) is 38.5 Å². The van der Waals surface area contributed by atoms with Gasteiger partial charge in [0.1, 0.15) is 6.04 Å². The summed E-state index contributed by atoms with van der Waals surface area (Å²) in [5.74, 6) is -0.216. The maximum absolute atomic E-state index is 12.1. The lowest BCUT2D eigenvalue weighted by molar-refractivity contribution is -0.139. The predicted octanol–water partition coefficient (Wildman–Crippen LogP) is 2.17. The summed E-state index contributed by atoms with van der Waals surface area (Å²) in [6.07, 6.45) is 7.96. The second-order valence-electron chi connectivity index (χ2n) is 4.88. The molecule has 0 unspecified atom stereocenters. The van der Waals surface area contributed by atoms with E-state index in [1.807, 2.05) is 6.26 Å². The van der Waals surface area contributed by atoms with Gasteiger partial charge < -0.3 is 15.3 Å². The lowest BCUT2D eigenvalue weighted by Crippen LogP contribution is -2.49. The van der Waals surface area contributed by atoms with Crippen molar-refractivity contribution in [3.05, 3.63) is 0 Å². The number of likely N-dealkylation sites (tertiary alicyclic amines) is 1. The number of urea groups is 1. The Morgan fingerprint density at radius 3 is 2.32 bits per heavy atom. The predicted molar refractivity (Wildman–Crippen MR) is 77.6 cm³/mol. The van der Waals surface area contributed by atoms with E-state index < -0.39 is 12.0 Å². The van der Waals surface area contributed by atoms with E-state index in [1.165, 1.54) is 6.42 Å². The van der Waals surface area contributed by atoms with Crippen molar-refractivity contribution in [2.45, 2.75) is 44.6 Å². The number of carbonyl (C=O) groups is 2. The van der Waals surface area contributed by atoms with Crippen molar-refractivity contribution < 1.29 is 14.7 Å². The zero-order chi connectivity index (χ0) is 14.1. The van der Waals surface area contributed by atoms with Gasteiger partial charge in [0.25, 0.3) is 0 Å². The van der Waals surface area contributed by atoms with Crippen LogP contribution in [0.5, 0.6) is 0 Å². The normalized spacial score (nSPS) is 18.3. The van der Waals surface area contributed by atoms with Crippen LogP contribution < -0.4 is 5.32 Å². The second kappa shape index (κ2) is 9.07. The molecule has 1 atom stereocenters. The fourth-order valence-corrected chi connectivity index (χ4v) is 2.66. The highest BCUT2D eigenvalue weighted by atomic mass is 32.2. The quantitative estimate of drug-likeness (QED) is 0.813. The molecule has 0 saturated carbocycles. The molecule has 19 heavy (non-hydrogen) atoms. The van der Waals surface area contributed by atoms with Gasteiger partial charge in [-0.25, -0.2) is 9.59 Å². The molecule has 1 heterocycles. The van der Waals surface area contributed by atoms with Gasteiger partial charge in [0.05, 0.1) is 0 Å². The topological polar surface area (TPSA) is 69.6 Å². The van der Waals surface area contributed by atoms with Gasteiger partial charge in [0.15, 0.2) is 0 Å². The number of carbonyl (C=O) groups excluding carboxylic acids is 1. The van der Waals surface area contributed by atoms with Gasteiger partial charge in [0.2, 0.25) is 0 Å². The molecule has 0 aromatic rings. The fourth-order valence-electron chi connectivity index (χ4n) is 2.18. The maximum Gasteiger partial charge on any atom is 0.326 e. The van der Waals surface area contributed by atoms with Crippen LogP contribution in [0.3, 0.4) is 0 Å². The van der Waals surface area contributed by atoms with Crippen molar-refractivity contribution >= 4 is 23.8 Å². The molecule has 0 aromatic carbocycles. The molecule has 1 aliphatic heterocycles. The van der Waals surface area contributed by atoms with Crippen molar-refractivity contribution in [2.24, 2.45) is 0 Å². The van der Waals surface area contributed by atoms with E-state index in [4.69, 9.17) is 5.11 Å². The first-order valence-electron chi connectivity index (χ1n) is 6.92. The van der Waals surface area contributed by atoms with Crippen molar-refractivity contribution in [2.75, 3.05) is 25.1 Å². The van der Waals surface area contributed by atoms with E-state index in [9.17, 15) is 9.59 Å². The molecule has 0 aliphatic carbocycles. The Balaban J connectivity index is 2.46. The Morgan fingerprint density at radius 1 is 1.21 bits per heavy atom. The van der Waals surface area contributed by atoms with Crippen LogP contribution in [0.4, 0.5) is 4.79 Å². The number of nitrogens with zero attached hydrogens (tertiary/aromatic N) is 1. The van der Waals surface area contributed by atoms with E-state index in [-0.39, 0.29) is 6.03 Å². The van der Waals surface area contributed by atoms with Gasteiger partial charge in [-0.1, -0.05) is 19.3 Å². The molecular formula is C13H24N2O3S. The average Bonchev–Trinajstić information content (AvgIpc) is 2.33. The van der Waals surface area contributed by atoms with E-state index in [1.54, 1.807) is 16.7 Å². The molecule has 5 nitrogen and oxygen atoms in total. The minimum Gasteiger partial charge on any atom is -0.480 e. The Kier molecular flexibility index (Phi) is 7.70. The van der Waals surface area contributed by atoms with E-state index >= 15 is 0 Å². The van der Waals surface area contributed by atoms with Crippen molar-refractivity contribution in [3.8, 4) is 0 Å². The zero-order valence-corrected chi connectivity index (χ0v) is 12.4. The molecule has 0 spiro atoms. The molecule has 110 valence electrons. The lowest BCUT2D eigenvalue weighted by atomic mass is 10.1. The molecular weight excluding hydrogens is 264 g/mol. The summed E-state index contributed by atoms with van der Waals surface area (Å²) < 4.78 is 0. The standard InChI is InChI=1S/C13H24N2O3S/c1-19-10-7-11(12(16)17)14-13(18)15-8-5-3-2-4-6-9-15/h11H,2-10H2,1H3,(H,14,18)(H,16,17)/t11-/m0/s1. The highest BCUT2D eigenvalue weighted by molar-refractivity contribution is 7.98. The summed E-state index contributed by atoms with van der Waals surface area (Å²) in [6.45, 7) is 1.47. The minimum absolute atomic E-state index is 0.226. The number of hydrogen-bond acceptors (Lipinski definition) is 3. The van der Waals surface area contributed by atoms with E-state index in [0.717, 1.165) is 44.5 Å². The Hall–Kier alpha value is -0.910. The number of amides is 2. The van der Waals surface area contributed by atoms with Crippen molar-refractivity contribution in [1.82, 2.24) is 10.2 Å². The Labute approximate surface area is 119 Å². The van der Waals surface area contributed by atoms with Crippen LogP contribution in [0, 0.1) is 0 Å². The van der Waals surface area contributed by atoms with E-state index in [0.29, 0.717) is 6.42 Å². The third-order valence-corrected chi connectivity index (χ3v) is 3.99. The van der Waals surface area contributed by atoms with Gasteiger partial charge >= 0.3 is 12.0 Å². The number of rotatable bonds is 5. The molecule has 2 amide bonds. The highest BCUT2D eigenvalue weighted by Crippen LogP contribution is 2.11. The highest BCUT2D eigenvalue weighted by Gasteiger charge is 2.22. The van der Waals surface area contributed by atoms with Gasteiger partial charge in [0, 0.05) is 13.1 Å². The summed E-state index contributed by atoms with van der Waals surface area (Å²) in [5.41, 5.74) is 0. The number of aliphatic carboxylic acids is 1. The van der Waals surface area contributed by atoms with Crippen molar-refractivity contribution in [3.63, 3.8) is 0 Å². The first-order valence-corrected chi connectivity index (χ1v) is 8.31. The molecule has 1 fully saturated rings. The third kappa shape index (κ3) is 6.18. The summed E-state index contributed by atoms with van der Waals surface area (Å²) in [6, 6.07) is -0.999. The summed E-state index contributed by atoms with van der Waals surface area (Å²) in [7, 11) is 0. The summed E-state index contributed by atoms with van der Waals surface area (Å²) >= 11 is 1.59. The number of nitrogens with one attached hydrogen (secondary N) is 1. The molecule has 0 radical (unpaired) electrons. The van der Waals surface area contributed by atoms with Crippen LogP contribution in [0.2, 0.25) is 0 Å². The first kappa shape index (κ1) is 16.1. The third-order valence-electron chi connectivity index (χ3n) is 3.35. The first-order chi connectivity index (χ1) is 9.15. The molecule has 0 aromatic heterocycles. The Bertz CT molecular complexity index is 292. The second-order valence-corrected chi connectivity index (χ2v) is 5.86. The van der Waals surface area contributed by atoms with Gasteiger partial charge in [-0.2, -0.15) is 11.8 Å². The number of carboxylic acids is 1. The van der Waals surface area contributed by atoms with Crippen molar-refractivity contribution in [1.29, 1.82) is 0 Å².